The van der Waals surface area contributed by atoms with Crippen molar-refractivity contribution in [3.8, 4) is 0 Å². The van der Waals surface area contributed by atoms with Crippen LogP contribution in [0.4, 0.5) is 5.69 Å². The summed E-state index contributed by atoms with van der Waals surface area (Å²) < 4.78 is 0. The smallest absolute Gasteiger partial charge is 0.247 e. The van der Waals surface area contributed by atoms with Crippen LogP contribution in [0, 0.1) is 5.92 Å². The highest BCUT2D eigenvalue weighted by Crippen LogP contribution is 2.60. The molecular formula is C23H29N3O2. The lowest BCUT2D eigenvalue weighted by Crippen LogP contribution is -2.48. The Bertz CT molecular complexity index is 798. The summed E-state index contributed by atoms with van der Waals surface area (Å²) in [5.74, 6) is -0.282. The van der Waals surface area contributed by atoms with E-state index in [9.17, 15) is 4.79 Å². The number of benzene rings is 2. The van der Waals surface area contributed by atoms with Crippen molar-refractivity contribution >= 4 is 11.6 Å². The topological polar surface area (TPSA) is 55.8 Å². The van der Waals surface area contributed by atoms with E-state index in [1.54, 1.807) is 0 Å². The predicted octanol–water partition coefficient (Wildman–Crippen LogP) is 3.22. The lowest BCUT2D eigenvalue weighted by molar-refractivity contribution is -0.130. The zero-order valence-electron chi connectivity index (χ0n) is 16.6. The van der Waals surface area contributed by atoms with Gasteiger partial charge in [0, 0.05) is 49.7 Å². The van der Waals surface area contributed by atoms with Gasteiger partial charge in [0.15, 0.2) is 0 Å². The Morgan fingerprint density at radius 3 is 2.04 bits per heavy atom. The number of rotatable bonds is 5. The monoisotopic (exact) mass is 379 g/mol. The van der Waals surface area contributed by atoms with E-state index in [2.05, 4.69) is 60.0 Å². The Balaban J connectivity index is 1.48. The molecule has 0 aromatic heterocycles. The van der Waals surface area contributed by atoms with Gasteiger partial charge in [-0.1, -0.05) is 42.5 Å². The molecule has 2 aromatic rings. The largest absolute Gasteiger partial charge is 0.369 e. The molecule has 4 rings (SSSR count). The van der Waals surface area contributed by atoms with Crippen LogP contribution < -0.4 is 10.4 Å². The molecule has 1 aliphatic carbocycles. The summed E-state index contributed by atoms with van der Waals surface area (Å²) >= 11 is 0. The van der Waals surface area contributed by atoms with Crippen LogP contribution in [-0.2, 0) is 4.79 Å². The second kappa shape index (κ2) is 7.94. The van der Waals surface area contributed by atoms with E-state index in [0.717, 1.165) is 37.3 Å². The molecule has 2 N–H and O–H groups in total. The molecule has 2 aromatic carbocycles. The third-order valence-electron chi connectivity index (χ3n) is 6.30. The predicted molar refractivity (Wildman–Crippen MR) is 111 cm³/mol. The quantitative estimate of drug-likeness (QED) is 0.619. The Labute approximate surface area is 166 Å². The van der Waals surface area contributed by atoms with Gasteiger partial charge in [-0.3, -0.25) is 14.9 Å². The maximum atomic E-state index is 12.2. The van der Waals surface area contributed by atoms with Crippen LogP contribution in [0.25, 0.3) is 0 Å². The third-order valence-corrected chi connectivity index (χ3v) is 6.30. The maximum absolute atomic E-state index is 12.2. The highest BCUT2D eigenvalue weighted by molar-refractivity contribution is 5.84. The van der Waals surface area contributed by atoms with Crippen LogP contribution in [-0.4, -0.2) is 48.2 Å². The molecular weight excluding hydrogens is 350 g/mol. The first-order chi connectivity index (χ1) is 13.6. The Kier molecular flexibility index (Phi) is 5.38. The van der Waals surface area contributed by atoms with Crippen molar-refractivity contribution in [2.75, 3.05) is 31.1 Å². The molecule has 1 saturated carbocycles. The molecule has 5 nitrogen and oxygen atoms in total. The molecule has 0 bridgehead atoms. The molecule has 28 heavy (non-hydrogen) atoms. The minimum atomic E-state index is -0.298. The first-order valence-electron chi connectivity index (χ1n) is 10.2. The molecule has 0 spiro atoms. The molecule has 148 valence electrons. The molecule has 2 aliphatic rings. The van der Waals surface area contributed by atoms with Gasteiger partial charge < -0.3 is 4.90 Å². The van der Waals surface area contributed by atoms with Gasteiger partial charge in [-0.05, 0) is 37.1 Å². The van der Waals surface area contributed by atoms with Crippen molar-refractivity contribution in [1.82, 2.24) is 10.4 Å². The van der Waals surface area contributed by atoms with Crippen molar-refractivity contribution in [3.63, 3.8) is 0 Å². The fraction of sp³-hybridized carbons (Fsp3) is 0.435. The molecule has 1 aliphatic heterocycles. The van der Waals surface area contributed by atoms with Gasteiger partial charge in [-0.15, -0.1) is 0 Å². The SMILES string of the molecule is CC(C)N1CCN(c2ccc(C3C(C(=O)NO)C3c3ccccc3)cc2)CC1. The van der Waals surface area contributed by atoms with Crippen LogP contribution in [0.3, 0.4) is 0 Å². The Morgan fingerprint density at radius 1 is 0.929 bits per heavy atom. The average Bonchev–Trinajstić information content (AvgIpc) is 3.50. The van der Waals surface area contributed by atoms with Crippen molar-refractivity contribution in [2.45, 2.75) is 31.7 Å². The van der Waals surface area contributed by atoms with Gasteiger partial charge in [-0.2, -0.15) is 0 Å². The van der Waals surface area contributed by atoms with Crippen molar-refractivity contribution < 1.29 is 10.0 Å². The lowest BCUT2D eigenvalue weighted by atomic mass is 10.0. The molecule has 1 amide bonds. The number of carbonyl (C=O) groups is 1. The van der Waals surface area contributed by atoms with Gasteiger partial charge in [0.1, 0.15) is 0 Å². The number of nitrogens with zero attached hydrogens (tertiary/aromatic N) is 2. The van der Waals surface area contributed by atoms with E-state index < -0.39 is 0 Å². The van der Waals surface area contributed by atoms with Gasteiger partial charge >= 0.3 is 0 Å². The lowest BCUT2D eigenvalue weighted by Gasteiger charge is -2.38. The number of hydrogen-bond donors (Lipinski definition) is 2. The second-order valence-electron chi connectivity index (χ2n) is 8.17. The number of anilines is 1. The van der Waals surface area contributed by atoms with Gasteiger partial charge in [0.25, 0.3) is 0 Å². The van der Waals surface area contributed by atoms with E-state index in [1.807, 2.05) is 23.7 Å². The Hall–Kier alpha value is -2.37. The fourth-order valence-corrected chi connectivity index (χ4v) is 4.62. The van der Waals surface area contributed by atoms with Crippen molar-refractivity contribution in [1.29, 1.82) is 0 Å². The minimum Gasteiger partial charge on any atom is -0.369 e. The summed E-state index contributed by atoms with van der Waals surface area (Å²) in [5, 5.41) is 9.14. The summed E-state index contributed by atoms with van der Waals surface area (Å²) in [5.41, 5.74) is 5.40. The number of piperazine rings is 1. The first-order valence-corrected chi connectivity index (χ1v) is 10.2. The van der Waals surface area contributed by atoms with E-state index in [-0.39, 0.29) is 23.7 Å². The summed E-state index contributed by atoms with van der Waals surface area (Å²) in [7, 11) is 0. The van der Waals surface area contributed by atoms with E-state index >= 15 is 0 Å². The maximum Gasteiger partial charge on any atom is 0.247 e. The van der Waals surface area contributed by atoms with Gasteiger partial charge in [0.2, 0.25) is 5.91 Å². The van der Waals surface area contributed by atoms with Gasteiger partial charge in [-0.25, -0.2) is 5.48 Å². The average molecular weight is 380 g/mol. The summed E-state index contributed by atoms with van der Waals surface area (Å²) in [6.07, 6.45) is 0. The van der Waals surface area contributed by atoms with E-state index in [4.69, 9.17) is 5.21 Å². The van der Waals surface area contributed by atoms with Crippen LogP contribution >= 0.6 is 0 Å². The highest BCUT2D eigenvalue weighted by atomic mass is 16.5. The van der Waals surface area contributed by atoms with E-state index in [1.165, 1.54) is 5.69 Å². The molecule has 2 fully saturated rings. The van der Waals surface area contributed by atoms with Crippen LogP contribution in [0.15, 0.2) is 54.6 Å². The van der Waals surface area contributed by atoms with Crippen LogP contribution in [0.2, 0.25) is 0 Å². The molecule has 1 heterocycles. The molecule has 5 heteroatoms. The van der Waals surface area contributed by atoms with Crippen molar-refractivity contribution in [2.24, 2.45) is 5.92 Å². The highest BCUT2D eigenvalue weighted by Gasteiger charge is 2.56. The number of carbonyl (C=O) groups excluding carboxylic acids is 1. The molecule has 3 atom stereocenters. The normalized spacial score (nSPS) is 25.0. The number of amides is 1. The minimum absolute atomic E-state index is 0.112. The van der Waals surface area contributed by atoms with Crippen LogP contribution in [0.5, 0.6) is 0 Å². The molecule has 3 unspecified atom stereocenters. The fourth-order valence-electron chi connectivity index (χ4n) is 4.62. The van der Waals surface area contributed by atoms with Crippen molar-refractivity contribution in [3.05, 3.63) is 65.7 Å². The number of hydroxylamine groups is 1. The summed E-state index contributed by atoms with van der Waals surface area (Å²) in [4.78, 5) is 17.1. The van der Waals surface area contributed by atoms with Gasteiger partial charge in [0.05, 0.1) is 5.92 Å². The molecule has 0 radical (unpaired) electrons. The standard InChI is InChI=1S/C23H29N3O2/c1-16(2)25-12-14-26(15-13-25)19-10-8-18(9-11-19)21-20(22(21)23(27)24-28)17-6-4-3-5-7-17/h3-11,16,20-22,28H,12-15H2,1-2H3,(H,24,27). The molecule has 1 saturated heterocycles. The number of hydrogen-bond acceptors (Lipinski definition) is 4. The Morgan fingerprint density at radius 2 is 1.50 bits per heavy atom. The third kappa shape index (κ3) is 3.64. The second-order valence-corrected chi connectivity index (χ2v) is 8.17. The zero-order valence-corrected chi connectivity index (χ0v) is 16.6. The number of nitrogens with one attached hydrogen (secondary N) is 1. The first kappa shape index (κ1) is 19.0. The zero-order chi connectivity index (χ0) is 19.7. The summed E-state index contributed by atoms with van der Waals surface area (Å²) in [6, 6.07) is 19.3. The van der Waals surface area contributed by atoms with E-state index in [0.29, 0.717) is 6.04 Å². The summed E-state index contributed by atoms with van der Waals surface area (Å²) in [6.45, 7) is 8.78. The van der Waals surface area contributed by atoms with Crippen LogP contribution in [0.1, 0.15) is 36.8 Å².